The number of carboxylic acid groups (broad SMARTS) is 1. The number of benzene rings is 1. The summed E-state index contributed by atoms with van der Waals surface area (Å²) < 4.78 is 13.1. The molecule has 0 aromatic heterocycles. The first kappa shape index (κ1) is 17.9. The SMILES string of the molecule is O=C(O)CC1CCN(C(=O)CNC(=O)Cc2cccc(F)c2)CC1. The molecule has 1 aromatic rings. The Labute approximate surface area is 139 Å². The van der Waals surface area contributed by atoms with Crippen molar-refractivity contribution in [1.29, 1.82) is 0 Å². The number of nitrogens with zero attached hydrogens (tertiary/aromatic N) is 1. The maximum Gasteiger partial charge on any atom is 0.303 e. The van der Waals surface area contributed by atoms with E-state index in [1.54, 1.807) is 11.0 Å². The molecular weight excluding hydrogens is 315 g/mol. The summed E-state index contributed by atoms with van der Waals surface area (Å²) in [5.41, 5.74) is 0.550. The summed E-state index contributed by atoms with van der Waals surface area (Å²) in [5.74, 6) is -1.63. The van der Waals surface area contributed by atoms with Gasteiger partial charge in [-0.15, -0.1) is 0 Å². The molecule has 0 spiro atoms. The lowest BCUT2D eigenvalue weighted by Gasteiger charge is -2.31. The van der Waals surface area contributed by atoms with Crippen molar-refractivity contribution in [1.82, 2.24) is 10.2 Å². The molecule has 7 heteroatoms. The Bertz CT molecular complexity index is 612. The summed E-state index contributed by atoms with van der Waals surface area (Å²) in [5, 5.41) is 11.3. The van der Waals surface area contributed by atoms with Crippen LogP contribution in [0.25, 0.3) is 0 Å². The molecule has 1 fully saturated rings. The van der Waals surface area contributed by atoms with Crippen LogP contribution >= 0.6 is 0 Å². The molecule has 24 heavy (non-hydrogen) atoms. The first-order chi connectivity index (χ1) is 11.4. The summed E-state index contributed by atoms with van der Waals surface area (Å²) in [4.78, 5) is 36.2. The van der Waals surface area contributed by atoms with Crippen LogP contribution in [0, 0.1) is 11.7 Å². The number of carboxylic acids is 1. The Balaban J connectivity index is 1.71. The van der Waals surface area contributed by atoms with Crippen molar-refractivity contribution in [2.24, 2.45) is 5.92 Å². The molecular formula is C17H21FN2O4. The second-order valence-corrected chi connectivity index (χ2v) is 6.01. The van der Waals surface area contributed by atoms with E-state index in [-0.39, 0.29) is 37.1 Å². The first-order valence-corrected chi connectivity index (χ1v) is 7.94. The van der Waals surface area contributed by atoms with Gasteiger partial charge in [0, 0.05) is 19.5 Å². The Morgan fingerprint density at radius 2 is 1.96 bits per heavy atom. The molecule has 1 heterocycles. The summed E-state index contributed by atoms with van der Waals surface area (Å²) in [7, 11) is 0. The standard InChI is InChI=1S/C17H21FN2O4/c18-14-3-1-2-13(8-14)9-15(21)19-11-16(22)20-6-4-12(5-7-20)10-17(23)24/h1-3,8,12H,4-7,9-11H2,(H,19,21)(H,23,24). The Kier molecular flexibility index (Phi) is 6.28. The van der Waals surface area contributed by atoms with Crippen LogP contribution in [0.5, 0.6) is 0 Å². The predicted molar refractivity (Wildman–Crippen MR) is 84.7 cm³/mol. The molecule has 2 N–H and O–H groups in total. The molecule has 0 bridgehead atoms. The molecule has 2 rings (SSSR count). The minimum Gasteiger partial charge on any atom is -0.481 e. The Morgan fingerprint density at radius 1 is 1.25 bits per heavy atom. The third kappa shape index (κ3) is 5.64. The molecule has 0 aliphatic carbocycles. The fraction of sp³-hybridized carbons (Fsp3) is 0.471. The molecule has 0 atom stereocenters. The molecule has 0 saturated carbocycles. The van der Waals surface area contributed by atoms with Gasteiger partial charge < -0.3 is 15.3 Å². The number of amides is 2. The first-order valence-electron chi connectivity index (χ1n) is 7.94. The van der Waals surface area contributed by atoms with Crippen LogP contribution in [0.1, 0.15) is 24.8 Å². The van der Waals surface area contributed by atoms with Gasteiger partial charge in [-0.25, -0.2) is 4.39 Å². The maximum atomic E-state index is 13.1. The highest BCUT2D eigenvalue weighted by atomic mass is 19.1. The zero-order valence-corrected chi connectivity index (χ0v) is 13.3. The van der Waals surface area contributed by atoms with Crippen LogP contribution in [0.15, 0.2) is 24.3 Å². The number of piperidine rings is 1. The van der Waals surface area contributed by atoms with Crippen LogP contribution in [0.2, 0.25) is 0 Å². The van der Waals surface area contributed by atoms with Gasteiger partial charge in [0.05, 0.1) is 13.0 Å². The number of aliphatic carboxylic acids is 1. The highest BCUT2D eigenvalue weighted by Gasteiger charge is 2.24. The van der Waals surface area contributed by atoms with Crippen LogP contribution < -0.4 is 5.32 Å². The number of rotatable bonds is 6. The van der Waals surface area contributed by atoms with Gasteiger partial charge in [-0.05, 0) is 36.5 Å². The molecule has 0 radical (unpaired) electrons. The summed E-state index contributed by atoms with van der Waals surface area (Å²) in [6.07, 6.45) is 1.47. The number of halogens is 1. The van der Waals surface area contributed by atoms with E-state index in [1.807, 2.05) is 0 Å². The molecule has 6 nitrogen and oxygen atoms in total. The number of hydrogen-bond donors (Lipinski definition) is 2. The smallest absolute Gasteiger partial charge is 0.303 e. The minimum atomic E-state index is -0.815. The second-order valence-electron chi connectivity index (χ2n) is 6.01. The summed E-state index contributed by atoms with van der Waals surface area (Å²) >= 11 is 0. The van der Waals surface area contributed by atoms with E-state index in [2.05, 4.69) is 5.32 Å². The Hall–Kier alpha value is -2.44. The monoisotopic (exact) mass is 336 g/mol. The summed E-state index contributed by atoms with van der Waals surface area (Å²) in [6.45, 7) is 0.921. The number of likely N-dealkylation sites (tertiary alicyclic amines) is 1. The van der Waals surface area contributed by atoms with E-state index in [0.29, 0.717) is 31.5 Å². The van der Waals surface area contributed by atoms with E-state index < -0.39 is 11.8 Å². The molecule has 130 valence electrons. The number of carbonyl (C=O) groups excluding carboxylic acids is 2. The Morgan fingerprint density at radius 3 is 2.58 bits per heavy atom. The van der Waals surface area contributed by atoms with Crippen LogP contribution in [-0.2, 0) is 20.8 Å². The number of carbonyl (C=O) groups is 3. The number of hydrogen-bond acceptors (Lipinski definition) is 3. The van der Waals surface area contributed by atoms with Crippen molar-refractivity contribution in [3.8, 4) is 0 Å². The molecule has 1 saturated heterocycles. The average Bonchev–Trinajstić information content (AvgIpc) is 2.53. The van der Waals surface area contributed by atoms with Gasteiger partial charge in [0.1, 0.15) is 5.82 Å². The van der Waals surface area contributed by atoms with Gasteiger partial charge >= 0.3 is 5.97 Å². The van der Waals surface area contributed by atoms with Crippen LogP contribution in [0.3, 0.4) is 0 Å². The third-order valence-corrected chi connectivity index (χ3v) is 4.12. The molecule has 2 amide bonds. The quantitative estimate of drug-likeness (QED) is 0.817. The average molecular weight is 336 g/mol. The lowest BCUT2D eigenvalue weighted by molar-refractivity contribution is -0.139. The molecule has 0 unspecified atom stereocenters. The van der Waals surface area contributed by atoms with Crippen molar-refractivity contribution in [2.45, 2.75) is 25.7 Å². The van der Waals surface area contributed by atoms with E-state index in [9.17, 15) is 18.8 Å². The highest BCUT2D eigenvalue weighted by Crippen LogP contribution is 2.20. The lowest BCUT2D eigenvalue weighted by Crippen LogP contribution is -2.44. The van der Waals surface area contributed by atoms with Crippen molar-refractivity contribution in [2.75, 3.05) is 19.6 Å². The molecule has 1 aromatic carbocycles. The van der Waals surface area contributed by atoms with E-state index in [4.69, 9.17) is 5.11 Å². The highest BCUT2D eigenvalue weighted by molar-refractivity contribution is 5.85. The largest absolute Gasteiger partial charge is 0.481 e. The van der Waals surface area contributed by atoms with Crippen LogP contribution in [0.4, 0.5) is 4.39 Å². The van der Waals surface area contributed by atoms with Crippen molar-refractivity contribution in [3.05, 3.63) is 35.6 Å². The maximum absolute atomic E-state index is 13.1. The van der Waals surface area contributed by atoms with Crippen molar-refractivity contribution >= 4 is 17.8 Å². The van der Waals surface area contributed by atoms with E-state index in [0.717, 1.165) is 0 Å². The topological polar surface area (TPSA) is 86.7 Å². The third-order valence-electron chi connectivity index (χ3n) is 4.12. The predicted octanol–water partition coefficient (Wildman–Crippen LogP) is 1.20. The molecule has 1 aliphatic heterocycles. The normalized spacial score (nSPS) is 15.1. The van der Waals surface area contributed by atoms with Crippen molar-refractivity contribution < 1.29 is 23.9 Å². The fourth-order valence-electron chi connectivity index (χ4n) is 2.81. The van der Waals surface area contributed by atoms with Crippen LogP contribution in [-0.4, -0.2) is 47.4 Å². The van der Waals surface area contributed by atoms with E-state index >= 15 is 0 Å². The van der Waals surface area contributed by atoms with Gasteiger partial charge in [0.25, 0.3) is 0 Å². The van der Waals surface area contributed by atoms with Gasteiger partial charge in [-0.1, -0.05) is 12.1 Å². The summed E-state index contributed by atoms with van der Waals surface area (Å²) in [6, 6.07) is 5.77. The number of nitrogens with one attached hydrogen (secondary N) is 1. The zero-order chi connectivity index (χ0) is 17.5. The fourth-order valence-corrected chi connectivity index (χ4v) is 2.81. The second kappa shape index (κ2) is 8.42. The minimum absolute atomic E-state index is 0.0196. The van der Waals surface area contributed by atoms with Gasteiger partial charge in [0.15, 0.2) is 0 Å². The van der Waals surface area contributed by atoms with Gasteiger partial charge in [-0.2, -0.15) is 0 Å². The zero-order valence-electron chi connectivity index (χ0n) is 13.3. The van der Waals surface area contributed by atoms with E-state index in [1.165, 1.54) is 18.2 Å². The van der Waals surface area contributed by atoms with Gasteiger partial charge in [-0.3, -0.25) is 14.4 Å². The van der Waals surface area contributed by atoms with Crippen molar-refractivity contribution in [3.63, 3.8) is 0 Å². The molecule has 1 aliphatic rings. The lowest BCUT2D eigenvalue weighted by atomic mass is 9.93. The van der Waals surface area contributed by atoms with Gasteiger partial charge in [0.2, 0.25) is 11.8 Å².